The first-order valence-electron chi connectivity index (χ1n) is 8.20. The highest BCUT2D eigenvalue weighted by atomic mass is 32.2. The second-order valence-corrected chi connectivity index (χ2v) is 7.39. The van der Waals surface area contributed by atoms with Crippen molar-refractivity contribution in [1.29, 1.82) is 0 Å². The summed E-state index contributed by atoms with van der Waals surface area (Å²) in [7, 11) is 0. The average molecular weight is 377 g/mol. The first-order chi connectivity index (χ1) is 12.3. The Morgan fingerprint density at radius 3 is 2.46 bits per heavy atom. The molecule has 1 N–H and O–H groups in total. The van der Waals surface area contributed by atoms with Gasteiger partial charge in [0.25, 0.3) is 5.91 Å². The van der Waals surface area contributed by atoms with Crippen molar-refractivity contribution in [2.45, 2.75) is 41.8 Å². The van der Waals surface area contributed by atoms with Gasteiger partial charge in [0.05, 0.1) is 5.56 Å². The van der Waals surface area contributed by atoms with Gasteiger partial charge >= 0.3 is 6.18 Å². The lowest BCUT2D eigenvalue weighted by Gasteiger charge is -2.16. The summed E-state index contributed by atoms with van der Waals surface area (Å²) in [6.45, 7) is 5.53. The van der Waals surface area contributed by atoms with Crippen LogP contribution in [0.2, 0.25) is 0 Å². The number of aryl methyl sites for hydroxylation is 1. The molecular formula is C20H18F3NOS. The molecule has 0 unspecified atom stereocenters. The second kappa shape index (κ2) is 7.19. The number of amides is 1. The van der Waals surface area contributed by atoms with E-state index in [9.17, 15) is 18.0 Å². The Morgan fingerprint density at radius 1 is 1.15 bits per heavy atom. The third-order valence-corrected chi connectivity index (χ3v) is 5.39. The lowest BCUT2D eigenvalue weighted by Crippen LogP contribution is -2.26. The van der Waals surface area contributed by atoms with Gasteiger partial charge in [0.15, 0.2) is 0 Å². The molecule has 0 saturated heterocycles. The van der Waals surface area contributed by atoms with Gasteiger partial charge in [-0.25, -0.2) is 0 Å². The zero-order chi connectivity index (χ0) is 18.9. The number of hydrogen-bond acceptors (Lipinski definition) is 2. The number of carbonyl (C=O) groups is 1. The van der Waals surface area contributed by atoms with Crippen LogP contribution in [-0.2, 0) is 11.0 Å². The van der Waals surface area contributed by atoms with Crippen LogP contribution in [-0.4, -0.2) is 11.9 Å². The van der Waals surface area contributed by atoms with Crippen molar-refractivity contribution >= 4 is 23.2 Å². The van der Waals surface area contributed by atoms with Crippen LogP contribution in [0, 0.1) is 6.92 Å². The van der Waals surface area contributed by atoms with E-state index in [0.29, 0.717) is 0 Å². The van der Waals surface area contributed by atoms with E-state index in [2.05, 4.69) is 11.9 Å². The van der Waals surface area contributed by atoms with Gasteiger partial charge in [0.2, 0.25) is 0 Å². The highest BCUT2D eigenvalue weighted by molar-refractivity contribution is 7.99. The maximum absolute atomic E-state index is 13.6. The fourth-order valence-electron chi connectivity index (χ4n) is 2.45. The van der Waals surface area contributed by atoms with Gasteiger partial charge in [-0.1, -0.05) is 42.6 Å². The van der Waals surface area contributed by atoms with Gasteiger partial charge in [0.1, 0.15) is 0 Å². The van der Waals surface area contributed by atoms with Gasteiger partial charge in [-0.05, 0) is 49.1 Å². The van der Waals surface area contributed by atoms with Gasteiger partial charge < -0.3 is 5.32 Å². The van der Waals surface area contributed by atoms with Crippen molar-refractivity contribution < 1.29 is 18.0 Å². The number of hydrogen-bond donors (Lipinski definition) is 1. The first-order valence-corrected chi connectivity index (χ1v) is 9.02. The Bertz CT molecular complexity index is 856. The van der Waals surface area contributed by atoms with Gasteiger partial charge in [0, 0.05) is 21.4 Å². The van der Waals surface area contributed by atoms with Crippen LogP contribution >= 0.6 is 11.8 Å². The molecule has 0 atom stereocenters. The highest BCUT2D eigenvalue weighted by Crippen LogP contribution is 2.41. The summed E-state index contributed by atoms with van der Waals surface area (Å²) in [5.74, 6) is -0.417. The molecular weight excluding hydrogens is 359 g/mol. The largest absolute Gasteiger partial charge is 0.417 e. The number of benzene rings is 2. The molecule has 2 nitrogen and oxygen atoms in total. The third kappa shape index (κ3) is 4.30. The fraction of sp³-hybridized carbons (Fsp3) is 0.250. The molecule has 1 amide bonds. The minimum Gasteiger partial charge on any atom is -0.349 e. The SMILES string of the molecule is C=C(C(=O)NC1CC1)c1ccc(Sc2ccccc2C)c(C(F)(F)F)c1. The van der Waals surface area contributed by atoms with Crippen LogP contribution in [0.3, 0.4) is 0 Å². The summed E-state index contributed by atoms with van der Waals surface area (Å²) in [5.41, 5.74) is 0.381. The molecule has 3 rings (SSSR count). The van der Waals surface area contributed by atoms with Crippen LogP contribution in [0.25, 0.3) is 5.57 Å². The van der Waals surface area contributed by atoms with Crippen molar-refractivity contribution in [2.75, 3.05) is 0 Å². The Kier molecular flexibility index (Phi) is 5.14. The molecule has 0 bridgehead atoms. The normalized spacial score (nSPS) is 14.2. The Labute approximate surface area is 154 Å². The molecule has 136 valence electrons. The van der Waals surface area contributed by atoms with Gasteiger partial charge in [-0.2, -0.15) is 13.2 Å². The number of alkyl halides is 3. The molecule has 1 saturated carbocycles. The van der Waals surface area contributed by atoms with Crippen molar-refractivity contribution in [2.24, 2.45) is 0 Å². The standard InChI is InChI=1S/C20H18F3NOS/c1-12-5-3-4-6-17(12)26-18-10-7-14(11-16(18)20(21,22)23)13(2)19(25)24-15-8-9-15/h3-7,10-11,15H,2,8-9H2,1H3,(H,24,25). The number of carbonyl (C=O) groups excluding carboxylic acids is 1. The lowest BCUT2D eigenvalue weighted by molar-refractivity contribution is -0.139. The molecule has 0 aliphatic heterocycles. The molecule has 6 heteroatoms. The van der Waals surface area contributed by atoms with Crippen LogP contribution < -0.4 is 5.32 Å². The zero-order valence-corrected chi connectivity index (χ0v) is 15.0. The summed E-state index contributed by atoms with van der Waals surface area (Å²) in [5, 5.41) is 2.75. The molecule has 0 spiro atoms. The van der Waals surface area contributed by atoms with E-state index in [-0.39, 0.29) is 22.1 Å². The summed E-state index contributed by atoms with van der Waals surface area (Å²) >= 11 is 1.07. The van der Waals surface area contributed by atoms with E-state index in [1.807, 2.05) is 19.1 Å². The molecule has 1 aliphatic carbocycles. The van der Waals surface area contributed by atoms with E-state index in [0.717, 1.165) is 41.1 Å². The van der Waals surface area contributed by atoms with E-state index in [4.69, 9.17) is 0 Å². The Balaban J connectivity index is 1.92. The minimum atomic E-state index is -4.52. The second-order valence-electron chi connectivity index (χ2n) is 6.30. The minimum absolute atomic E-state index is 0.0508. The maximum atomic E-state index is 13.6. The predicted octanol–water partition coefficient (Wildman–Crippen LogP) is 5.46. The maximum Gasteiger partial charge on any atom is 0.417 e. The van der Waals surface area contributed by atoms with Crippen molar-refractivity contribution in [1.82, 2.24) is 5.32 Å². The Morgan fingerprint density at radius 2 is 1.85 bits per heavy atom. The van der Waals surface area contributed by atoms with Gasteiger partial charge in [-0.15, -0.1) is 0 Å². The first kappa shape index (κ1) is 18.6. The third-order valence-electron chi connectivity index (χ3n) is 4.13. The molecule has 26 heavy (non-hydrogen) atoms. The Hall–Kier alpha value is -2.21. The molecule has 1 fully saturated rings. The van der Waals surface area contributed by atoms with Crippen molar-refractivity contribution in [3.05, 3.63) is 65.7 Å². The molecule has 2 aromatic rings. The van der Waals surface area contributed by atoms with E-state index < -0.39 is 17.6 Å². The molecule has 1 aliphatic rings. The fourth-order valence-corrected chi connectivity index (χ4v) is 3.48. The lowest BCUT2D eigenvalue weighted by atomic mass is 10.0. The van der Waals surface area contributed by atoms with E-state index in [1.54, 1.807) is 12.1 Å². The van der Waals surface area contributed by atoms with E-state index in [1.165, 1.54) is 12.1 Å². The summed E-state index contributed by atoms with van der Waals surface area (Å²) < 4.78 is 40.7. The van der Waals surface area contributed by atoms with E-state index >= 15 is 0 Å². The molecule has 0 radical (unpaired) electrons. The van der Waals surface area contributed by atoms with Gasteiger partial charge in [-0.3, -0.25) is 4.79 Å². The van der Waals surface area contributed by atoms with Crippen LogP contribution in [0.15, 0.2) is 58.8 Å². The zero-order valence-electron chi connectivity index (χ0n) is 14.2. The number of nitrogens with one attached hydrogen (secondary N) is 1. The average Bonchev–Trinajstić information content (AvgIpc) is 3.39. The molecule has 0 aromatic heterocycles. The molecule has 0 heterocycles. The predicted molar refractivity (Wildman–Crippen MR) is 96.9 cm³/mol. The quantitative estimate of drug-likeness (QED) is 0.702. The summed E-state index contributed by atoms with van der Waals surface area (Å²) in [4.78, 5) is 12.9. The smallest absolute Gasteiger partial charge is 0.349 e. The monoisotopic (exact) mass is 377 g/mol. The summed E-state index contributed by atoms with van der Waals surface area (Å²) in [6, 6.07) is 11.3. The van der Waals surface area contributed by atoms with Crippen LogP contribution in [0.4, 0.5) is 13.2 Å². The topological polar surface area (TPSA) is 29.1 Å². The summed E-state index contributed by atoms with van der Waals surface area (Å²) in [6.07, 6.45) is -2.72. The van der Waals surface area contributed by atoms with Crippen LogP contribution in [0.5, 0.6) is 0 Å². The number of halogens is 3. The highest BCUT2D eigenvalue weighted by Gasteiger charge is 2.34. The number of rotatable bonds is 5. The van der Waals surface area contributed by atoms with Crippen molar-refractivity contribution in [3.8, 4) is 0 Å². The van der Waals surface area contributed by atoms with Crippen LogP contribution in [0.1, 0.15) is 29.5 Å². The van der Waals surface area contributed by atoms with Crippen molar-refractivity contribution in [3.63, 3.8) is 0 Å². The molecule has 2 aromatic carbocycles.